The van der Waals surface area contributed by atoms with Gasteiger partial charge in [-0.15, -0.1) is 0 Å². The molecule has 5 heteroatoms. The molecule has 0 radical (unpaired) electrons. The molecule has 4 rings (SSSR count). The smallest absolute Gasteiger partial charge is 0.338 e. The van der Waals surface area contributed by atoms with E-state index >= 15 is 0 Å². The number of allylic oxidation sites excluding steroid dienone is 2. The summed E-state index contributed by atoms with van der Waals surface area (Å²) in [5.74, 6) is -0.640. The maximum Gasteiger partial charge on any atom is 0.338 e. The Morgan fingerprint density at radius 3 is 2.56 bits per heavy atom. The van der Waals surface area contributed by atoms with Gasteiger partial charge in [0.2, 0.25) is 0 Å². The predicted octanol–water partition coefficient (Wildman–Crippen LogP) is 4.31. The van der Waals surface area contributed by atoms with Crippen LogP contribution >= 0.6 is 0 Å². The minimum Gasteiger partial charge on any atom is -0.478 e. The maximum absolute atomic E-state index is 12.1. The van der Waals surface area contributed by atoms with E-state index in [-0.39, 0.29) is 23.5 Å². The van der Waals surface area contributed by atoms with E-state index in [9.17, 15) is 9.59 Å². The molecule has 5 nitrogen and oxygen atoms in total. The van der Waals surface area contributed by atoms with E-state index in [1.165, 1.54) is 12.7 Å². The van der Waals surface area contributed by atoms with Gasteiger partial charge in [0.1, 0.15) is 0 Å². The van der Waals surface area contributed by atoms with Gasteiger partial charge < -0.3 is 15.2 Å². The van der Waals surface area contributed by atoms with Crippen LogP contribution in [0.1, 0.15) is 55.8 Å². The second-order valence-electron chi connectivity index (χ2n) is 7.10. The maximum atomic E-state index is 12.1. The fourth-order valence-electron chi connectivity index (χ4n) is 4.31. The van der Waals surface area contributed by atoms with Crippen LogP contribution in [-0.4, -0.2) is 24.2 Å². The van der Waals surface area contributed by atoms with Crippen LogP contribution in [0.15, 0.2) is 48.6 Å². The standard InChI is InChI=1S/C22H21NO4/c1-12-15(22(26)27-2)10-11-18-16-4-3-5-17(16)20(23-19(12)18)13-6-8-14(9-7-13)21(24)25/h3-4,6-11,16-17,20,23H,5H2,1-2H3,(H,24,25)/t16-,17+,20+/m0/s1. The van der Waals surface area contributed by atoms with E-state index < -0.39 is 5.97 Å². The Kier molecular flexibility index (Phi) is 4.22. The van der Waals surface area contributed by atoms with Crippen molar-refractivity contribution in [3.8, 4) is 0 Å². The number of methoxy groups -OCH3 is 1. The third kappa shape index (κ3) is 2.79. The van der Waals surface area contributed by atoms with Gasteiger partial charge in [0.15, 0.2) is 0 Å². The van der Waals surface area contributed by atoms with Gasteiger partial charge >= 0.3 is 11.9 Å². The second kappa shape index (κ2) is 6.58. The van der Waals surface area contributed by atoms with Crippen molar-refractivity contribution in [3.05, 3.63) is 76.4 Å². The molecule has 0 aromatic heterocycles. The monoisotopic (exact) mass is 363 g/mol. The van der Waals surface area contributed by atoms with Crippen LogP contribution < -0.4 is 5.32 Å². The van der Waals surface area contributed by atoms with Gasteiger partial charge in [-0.3, -0.25) is 0 Å². The number of nitrogens with one attached hydrogen (secondary N) is 1. The molecular formula is C22H21NO4. The summed E-state index contributed by atoms with van der Waals surface area (Å²) in [6.45, 7) is 1.93. The number of carbonyl (C=O) groups excluding carboxylic acids is 1. The molecule has 0 saturated heterocycles. The Morgan fingerprint density at radius 2 is 1.89 bits per heavy atom. The van der Waals surface area contributed by atoms with Gasteiger partial charge in [-0.05, 0) is 54.2 Å². The lowest BCUT2D eigenvalue weighted by atomic mass is 9.76. The zero-order valence-electron chi connectivity index (χ0n) is 15.2. The largest absolute Gasteiger partial charge is 0.478 e. The Hall–Kier alpha value is -3.08. The Balaban J connectivity index is 1.77. The number of hydrogen-bond donors (Lipinski definition) is 2. The molecule has 0 unspecified atom stereocenters. The van der Waals surface area contributed by atoms with Gasteiger partial charge in [-0.25, -0.2) is 9.59 Å². The fourth-order valence-corrected chi connectivity index (χ4v) is 4.31. The quantitative estimate of drug-likeness (QED) is 0.628. The number of fused-ring (bicyclic) bond motifs is 3. The van der Waals surface area contributed by atoms with Crippen LogP contribution in [-0.2, 0) is 4.74 Å². The Morgan fingerprint density at radius 1 is 1.15 bits per heavy atom. The number of carbonyl (C=O) groups is 2. The predicted molar refractivity (Wildman–Crippen MR) is 102 cm³/mol. The van der Waals surface area contributed by atoms with E-state index in [0.29, 0.717) is 11.5 Å². The molecule has 3 atom stereocenters. The normalized spacial score (nSPS) is 22.5. The van der Waals surface area contributed by atoms with Crippen LogP contribution in [0.5, 0.6) is 0 Å². The second-order valence-corrected chi connectivity index (χ2v) is 7.10. The first-order valence-electron chi connectivity index (χ1n) is 8.99. The van der Waals surface area contributed by atoms with Gasteiger partial charge in [0.25, 0.3) is 0 Å². The van der Waals surface area contributed by atoms with Crippen LogP contribution in [0, 0.1) is 12.8 Å². The first-order valence-corrected chi connectivity index (χ1v) is 8.99. The molecule has 0 saturated carbocycles. The van der Waals surface area contributed by atoms with Gasteiger partial charge in [-0.1, -0.05) is 30.4 Å². The summed E-state index contributed by atoms with van der Waals surface area (Å²) in [7, 11) is 1.39. The lowest BCUT2D eigenvalue weighted by Crippen LogP contribution is -2.30. The molecule has 0 fully saturated rings. The third-order valence-electron chi connectivity index (χ3n) is 5.72. The average molecular weight is 363 g/mol. The number of hydrogen-bond acceptors (Lipinski definition) is 4. The molecule has 0 bridgehead atoms. The SMILES string of the molecule is COC(=O)c1ccc2c(c1C)N[C@H](c1ccc(C(=O)O)cc1)[C@@H]1CC=C[C@H]21. The molecule has 1 heterocycles. The van der Waals surface area contributed by atoms with Crippen molar-refractivity contribution >= 4 is 17.6 Å². The van der Waals surface area contributed by atoms with Crippen LogP contribution in [0.3, 0.4) is 0 Å². The van der Waals surface area contributed by atoms with Gasteiger partial charge in [-0.2, -0.15) is 0 Å². The van der Waals surface area contributed by atoms with Crippen molar-refractivity contribution < 1.29 is 19.4 Å². The fraction of sp³-hybridized carbons (Fsp3) is 0.273. The van der Waals surface area contributed by atoms with E-state index in [2.05, 4.69) is 17.5 Å². The van der Waals surface area contributed by atoms with Crippen molar-refractivity contribution in [1.29, 1.82) is 0 Å². The zero-order chi connectivity index (χ0) is 19.1. The summed E-state index contributed by atoms with van der Waals surface area (Å²) < 4.78 is 4.91. The van der Waals surface area contributed by atoms with Crippen molar-refractivity contribution in [2.75, 3.05) is 12.4 Å². The molecule has 1 aliphatic carbocycles. The Bertz CT molecular complexity index is 946. The number of carboxylic acids is 1. The van der Waals surface area contributed by atoms with Crippen LogP contribution in [0.2, 0.25) is 0 Å². The first-order chi connectivity index (χ1) is 13.0. The highest BCUT2D eigenvalue weighted by atomic mass is 16.5. The van der Waals surface area contributed by atoms with Gasteiger partial charge in [0, 0.05) is 11.6 Å². The highest BCUT2D eigenvalue weighted by Gasteiger charge is 2.39. The molecule has 2 aromatic rings. The van der Waals surface area contributed by atoms with Gasteiger partial charge in [0.05, 0.1) is 24.3 Å². The molecule has 0 spiro atoms. The van der Waals surface area contributed by atoms with E-state index in [1.807, 2.05) is 31.2 Å². The van der Waals surface area contributed by atoms with E-state index in [1.54, 1.807) is 12.1 Å². The number of benzene rings is 2. The molecule has 0 amide bonds. The number of anilines is 1. The van der Waals surface area contributed by atoms with Crippen LogP contribution in [0.25, 0.3) is 0 Å². The number of carboxylic acid groups (broad SMARTS) is 1. The first kappa shape index (κ1) is 17.3. The highest BCUT2D eigenvalue weighted by Crippen LogP contribution is 2.51. The summed E-state index contributed by atoms with van der Waals surface area (Å²) >= 11 is 0. The lowest BCUT2D eigenvalue weighted by Gasteiger charge is -2.38. The van der Waals surface area contributed by atoms with Crippen molar-refractivity contribution in [1.82, 2.24) is 0 Å². The van der Waals surface area contributed by atoms with Crippen LogP contribution in [0.4, 0.5) is 5.69 Å². The lowest BCUT2D eigenvalue weighted by molar-refractivity contribution is 0.0599. The van der Waals surface area contributed by atoms with Crippen molar-refractivity contribution in [2.24, 2.45) is 5.92 Å². The number of aromatic carboxylic acids is 1. The molecule has 138 valence electrons. The topological polar surface area (TPSA) is 75.6 Å². The van der Waals surface area contributed by atoms with E-state index in [4.69, 9.17) is 9.84 Å². The molecule has 2 aromatic carbocycles. The summed E-state index contributed by atoms with van der Waals surface area (Å²) in [4.78, 5) is 23.2. The average Bonchev–Trinajstić information content (AvgIpc) is 3.17. The van der Waals surface area contributed by atoms with E-state index in [0.717, 1.165) is 23.2 Å². The molecule has 1 aliphatic heterocycles. The molecule has 27 heavy (non-hydrogen) atoms. The number of esters is 1. The Labute approximate surface area is 157 Å². The minimum atomic E-state index is -0.928. The van der Waals surface area contributed by atoms with Crippen molar-refractivity contribution in [3.63, 3.8) is 0 Å². The molecule has 2 aliphatic rings. The molecule has 2 N–H and O–H groups in total. The zero-order valence-corrected chi connectivity index (χ0v) is 15.2. The summed E-state index contributed by atoms with van der Waals surface area (Å²) in [6.07, 6.45) is 5.40. The summed E-state index contributed by atoms with van der Waals surface area (Å²) in [6, 6.07) is 10.9. The molecular weight excluding hydrogens is 342 g/mol. The van der Waals surface area contributed by atoms with Crippen molar-refractivity contribution in [2.45, 2.75) is 25.3 Å². The minimum absolute atomic E-state index is 0.0481. The number of ether oxygens (including phenoxy) is 1. The summed E-state index contributed by atoms with van der Waals surface area (Å²) in [5.41, 5.74) is 4.93. The number of rotatable bonds is 3. The summed E-state index contributed by atoms with van der Waals surface area (Å²) in [5, 5.41) is 12.8. The highest BCUT2D eigenvalue weighted by molar-refractivity contribution is 5.93. The third-order valence-corrected chi connectivity index (χ3v) is 5.72.